The third kappa shape index (κ3) is 3.29. The van der Waals surface area contributed by atoms with Crippen molar-refractivity contribution in [3.63, 3.8) is 0 Å². The first-order valence-corrected chi connectivity index (χ1v) is 7.12. The van der Waals surface area contributed by atoms with Gasteiger partial charge in [-0.1, -0.05) is 29.4 Å². The number of benzene rings is 2. The molecule has 1 aromatic heterocycles. The molecular weight excluding hydrogens is 328 g/mol. The molecule has 0 radical (unpaired) electrons. The molecule has 1 N–H and O–H groups in total. The number of hydrogen-bond acceptors (Lipinski definition) is 7. The number of aromatic nitrogens is 2. The Morgan fingerprint density at radius 2 is 1.88 bits per heavy atom. The molecule has 0 unspecified atom stereocenters. The SMILES string of the molecule is COc1ccccc1C(=O)Nc1nnc(-c2ccccc2[N+](=O)[O-])o1. The highest BCUT2D eigenvalue weighted by atomic mass is 16.6. The van der Waals surface area contributed by atoms with E-state index in [9.17, 15) is 14.9 Å². The molecule has 0 aliphatic rings. The van der Waals surface area contributed by atoms with Crippen LogP contribution in [0.1, 0.15) is 10.4 Å². The average molecular weight is 340 g/mol. The Hall–Kier alpha value is -3.75. The molecule has 126 valence electrons. The van der Waals surface area contributed by atoms with Gasteiger partial charge in [0, 0.05) is 6.07 Å². The molecule has 0 fully saturated rings. The van der Waals surface area contributed by atoms with E-state index in [-0.39, 0.29) is 28.7 Å². The number of nitrogens with one attached hydrogen (secondary N) is 1. The summed E-state index contributed by atoms with van der Waals surface area (Å²) in [7, 11) is 1.45. The zero-order valence-corrected chi connectivity index (χ0v) is 13.0. The molecule has 2 aromatic carbocycles. The Morgan fingerprint density at radius 3 is 2.64 bits per heavy atom. The van der Waals surface area contributed by atoms with Crippen molar-refractivity contribution < 1.29 is 18.9 Å². The molecule has 0 saturated heterocycles. The minimum atomic E-state index is -0.549. The highest BCUT2D eigenvalue weighted by molar-refractivity contribution is 6.05. The first-order chi connectivity index (χ1) is 12.1. The van der Waals surface area contributed by atoms with Crippen LogP contribution in [-0.4, -0.2) is 28.1 Å². The van der Waals surface area contributed by atoms with E-state index in [1.807, 2.05) is 0 Å². The van der Waals surface area contributed by atoms with Crippen molar-refractivity contribution in [3.05, 3.63) is 64.2 Å². The number of rotatable bonds is 5. The van der Waals surface area contributed by atoms with Crippen LogP contribution >= 0.6 is 0 Å². The summed E-state index contributed by atoms with van der Waals surface area (Å²) in [6.07, 6.45) is 0. The third-order valence-electron chi connectivity index (χ3n) is 3.33. The quantitative estimate of drug-likeness (QED) is 0.560. The van der Waals surface area contributed by atoms with Crippen LogP contribution < -0.4 is 10.1 Å². The lowest BCUT2D eigenvalue weighted by atomic mass is 10.2. The van der Waals surface area contributed by atoms with E-state index < -0.39 is 10.8 Å². The van der Waals surface area contributed by atoms with E-state index in [0.717, 1.165) is 0 Å². The normalized spacial score (nSPS) is 10.3. The fourth-order valence-corrected chi connectivity index (χ4v) is 2.19. The predicted octanol–water partition coefficient (Wildman–Crippen LogP) is 2.91. The number of anilines is 1. The lowest BCUT2D eigenvalue weighted by molar-refractivity contribution is -0.384. The van der Waals surface area contributed by atoms with E-state index in [1.165, 1.54) is 25.3 Å². The molecule has 0 bridgehead atoms. The van der Waals surface area contributed by atoms with Crippen LogP contribution in [0.3, 0.4) is 0 Å². The van der Waals surface area contributed by atoms with E-state index in [4.69, 9.17) is 9.15 Å². The summed E-state index contributed by atoms with van der Waals surface area (Å²) in [5, 5.41) is 21.0. The molecule has 3 aromatic rings. The van der Waals surface area contributed by atoms with Gasteiger partial charge in [0.2, 0.25) is 0 Å². The van der Waals surface area contributed by atoms with Gasteiger partial charge >= 0.3 is 6.01 Å². The Bertz CT molecular complexity index is 938. The molecule has 25 heavy (non-hydrogen) atoms. The lowest BCUT2D eigenvalue weighted by Crippen LogP contribution is -2.13. The summed E-state index contributed by atoms with van der Waals surface area (Å²) < 4.78 is 10.4. The van der Waals surface area contributed by atoms with E-state index >= 15 is 0 Å². The monoisotopic (exact) mass is 340 g/mol. The van der Waals surface area contributed by atoms with Gasteiger partial charge in [-0.05, 0) is 18.2 Å². The van der Waals surface area contributed by atoms with E-state index in [1.54, 1.807) is 30.3 Å². The van der Waals surface area contributed by atoms with Crippen LogP contribution in [0.25, 0.3) is 11.5 Å². The molecule has 0 saturated carbocycles. The van der Waals surface area contributed by atoms with E-state index in [0.29, 0.717) is 5.75 Å². The van der Waals surface area contributed by atoms with Gasteiger partial charge in [-0.25, -0.2) is 0 Å². The van der Waals surface area contributed by atoms with Crippen LogP contribution in [0.4, 0.5) is 11.7 Å². The Balaban J connectivity index is 1.85. The van der Waals surface area contributed by atoms with Gasteiger partial charge < -0.3 is 9.15 Å². The Morgan fingerprint density at radius 1 is 1.16 bits per heavy atom. The van der Waals surface area contributed by atoms with Crippen molar-refractivity contribution in [1.82, 2.24) is 10.2 Å². The molecule has 0 aliphatic heterocycles. The fraction of sp³-hybridized carbons (Fsp3) is 0.0625. The van der Waals surface area contributed by atoms with Crippen LogP contribution in [0.2, 0.25) is 0 Å². The molecular formula is C16H12N4O5. The van der Waals surface area contributed by atoms with Crippen LogP contribution in [0, 0.1) is 10.1 Å². The maximum Gasteiger partial charge on any atom is 0.322 e. The number of nitrogens with zero attached hydrogens (tertiary/aromatic N) is 3. The number of hydrogen-bond donors (Lipinski definition) is 1. The van der Waals surface area contributed by atoms with Gasteiger partial charge in [-0.3, -0.25) is 20.2 Å². The second kappa shape index (κ2) is 6.79. The van der Waals surface area contributed by atoms with Gasteiger partial charge in [-0.2, -0.15) is 0 Å². The standard InChI is InChI=1S/C16H12N4O5/c1-24-13-9-5-3-7-11(13)14(21)17-16-19-18-15(25-16)10-6-2-4-8-12(10)20(22)23/h2-9H,1H3,(H,17,19,21). The number of carbonyl (C=O) groups excluding carboxylic acids is 1. The Labute approximate surface area is 141 Å². The highest BCUT2D eigenvalue weighted by Gasteiger charge is 2.21. The zero-order chi connectivity index (χ0) is 17.8. The number of nitro groups is 1. The summed E-state index contributed by atoms with van der Waals surface area (Å²) in [6, 6.07) is 12.4. The third-order valence-corrected chi connectivity index (χ3v) is 3.33. The van der Waals surface area contributed by atoms with Crippen LogP contribution in [0.15, 0.2) is 52.9 Å². The van der Waals surface area contributed by atoms with Crippen LogP contribution in [0.5, 0.6) is 5.75 Å². The summed E-state index contributed by atoms with van der Waals surface area (Å²) in [4.78, 5) is 22.8. The summed E-state index contributed by atoms with van der Waals surface area (Å²) in [6.45, 7) is 0. The van der Waals surface area contributed by atoms with Gasteiger partial charge in [0.05, 0.1) is 17.6 Å². The molecule has 1 heterocycles. The van der Waals surface area contributed by atoms with Crippen molar-refractivity contribution in [2.24, 2.45) is 0 Å². The fourth-order valence-electron chi connectivity index (χ4n) is 2.19. The van der Waals surface area contributed by atoms with Crippen molar-refractivity contribution in [2.45, 2.75) is 0 Å². The summed E-state index contributed by atoms with van der Waals surface area (Å²) in [5.74, 6) is -0.184. The van der Waals surface area contributed by atoms with Crippen molar-refractivity contribution in [1.29, 1.82) is 0 Å². The van der Waals surface area contributed by atoms with Crippen molar-refractivity contribution >= 4 is 17.6 Å². The Kier molecular flexibility index (Phi) is 4.38. The topological polar surface area (TPSA) is 120 Å². The molecule has 0 aliphatic carbocycles. The number of nitro benzene ring substituents is 1. The molecule has 9 heteroatoms. The molecule has 3 rings (SSSR count). The zero-order valence-electron chi connectivity index (χ0n) is 13.0. The van der Waals surface area contributed by atoms with E-state index in [2.05, 4.69) is 15.5 Å². The number of para-hydroxylation sites is 2. The van der Waals surface area contributed by atoms with Crippen LogP contribution in [-0.2, 0) is 0 Å². The van der Waals surface area contributed by atoms with Gasteiger partial charge in [0.15, 0.2) is 0 Å². The highest BCUT2D eigenvalue weighted by Crippen LogP contribution is 2.29. The molecule has 9 nitrogen and oxygen atoms in total. The maximum atomic E-state index is 12.3. The number of ether oxygens (including phenoxy) is 1. The largest absolute Gasteiger partial charge is 0.496 e. The van der Waals surface area contributed by atoms with Crippen molar-refractivity contribution in [2.75, 3.05) is 12.4 Å². The molecule has 0 atom stereocenters. The maximum absolute atomic E-state index is 12.3. The second-order valence-corrected chi connectivity index (χ2v) is 4.84. The molecule has 1 amide bonds. The minimum absolute atomic E-state index is 0.0670. The van der Waals surface area contributed by atoms with Gasteiger partial charge in [0.25, 0.3) is 17.5 Å². The van der Waals surface area contributed by atoms with Gasteiger partial charge in [0.1, 0.15) is 11.3 Å². The first kappa shape index (κ1) is 16.1. The smallest absolute Gasteiger partial charge is 0.322 e. The molecule has 0 spiro atoms. The number of carbonyl (C=O) groups is 1. The first-order valence-electron chi connectivity index (χ1n) is 7.12. The van der Waals surface area contributed by atoms with Gasteiger partial charge in [-0.15, -0.1) is 5.10 Å². The van der Waals surface area contributed by atoms with Crippen molar-refractivity contribution in [3.8, 4) is 17.2 Å². The summed E-state index contributed by atoms with van der Waals surface area (Å²) in [5.41, 5.74) is 0.280. The average Bonchev–Trinajstić information content (AvgIpc) is 3.09. The predicted molar refractivity (Wildman–Crippen MR) is 87.3 cm³/mol. The second-order valence-electron chi connectivity index (χ2n) is 4.84. The number of methoxy groups -OCH3 is 1. The summed E-state index contributed by atoms with van der Waals surface area (Å²) >= 11 is 0. The minimum Gasteiger partial charge on any atom is -0.496 e. The number of amides is 1. The lowest BCUT2D eigenvalue weighted by Gasteiger charge is -2.06.